The Morgan fingerprint density at radius 1 is 0.442 bits per heavy atom. The van der Waals surface area contributed by atoms with E-state index in [4.69, 9.17) is 0 Å². The van der Waals surface area contributed by atoms with Gasteiger partial charge >= 0.3 is 24.7 Å². The summed E-state index contributed by atoms with van der Waals surface area (Å²) >= 11 is 0. The van der Waals surface area contributed by atoms with Gasteiger partial charge in [0, 0.05) is 11.8 Å². The van der Waals surface area contributed by atoms with Gasteiger partial charge in [-0.25, -0.2) is 0 Å². The highest BCUT2D eigenvalue weighted by atomic mass is 19.4. The quantitative estimate of drug-likeness (QED) is 0.179. The Morgan fingerprint density at radius 2 is 0.814 bits per heavy atom. The standard InChI is InChI=1S/C29H15F12NO/c30-26(31,32)20-7-18(8-21(12-20)27(33,34)35)15-3-5-24(6-4-15)42-14-17-2-1-16(11-25(17)43)19-9-22(28(36,37)38)13-23(10-19)29(39,40)41/h1-14,43H. The number of nitrogens with zero attached hydrogens (tertiary/aromatic N) is 1. The van der Waals surface area contributed by atoms with E-state index >= 15 is 0 Å². The first kappa shape index (κ1) is 31.4. The molecule has 0 saturated heterocycles. The van der Waals surface area contributed by atoms with Crippen LogP contribution in [0.2, 0.25) is 0 Å². The van der Waals surface area contributed by atoms with Crippen molar-refractivity contribution in [1.29, 1.82) is 0 Å². The molecule has 0 fully saturated rings. The van der Waals surface area contributed by atoms with Crippen LogP contribution in [-0.2, 0) is 24.7 Å². The van der Waals surface area contributed by atoms with Crippen LogP contribution in [0.25, 0.3) is 22.3 Å². The number of hydrogen-bond acceptors (Lipinski definition) is 2. The summed E-state index contributed by atoms with van der Waals surface area (Å²) in [6, 6.07) is 10.4. The number of halogens is 12. The molecule has 1 N–H and O–H groups in total. The number of phenolic OH excluding ortho intramolecular Hbond substituents is 1. The highest BCUT2D eigenvalue weighted by Crippen LogP contribution is 2.41. The average molecular weight is 621 g/mol. The fraction of sp³-hybridized carbons (Fsp3) is 0.138. The van der Waals surface area contributed by atoms with E-state index < -0.39 is 58.3 Å². The molecule has 43 heavy (non-hydrogen) atoms. The summed E-state index contributed by atoms with van der Waals surface area (Å²) in [5.41, 5.74) is -6.84. The first-order valence-electron chi connectivity index (χ1n) is 11.8. The van der Waals surface area contributed by atoms with Crippen LogP contribution < -0.4 is 0 Å². The molecule has 4 aromatic rings. The average Bonchev–Trinajstić information content (AvgIpc) is 2.90. The Kier molecular flexibility index (Phi) is 8.02. The highest BCUT2D eigenvalue weighted by Gasteiger charge is 2.38. The molecule has 0 radical (unpaired) electrons. The summed E-state index contributed by atoms with van der Waals surface area (Å²) in [5, 5.41) is 10.3. The van der Waals surface area contributed by atoms with E-state index in [1.807, 2.05) is 0 Å². The molecule has 0 aliphatic heterocycles. The molecule has 0 bridgehead atoms. The second kappa shape index (κ2) is 11.0. The number of aromatic hydroxyl groups is 1. The lowest BCUT2D eigenvalue weighted by Gasteiger charge is -2.15. The third kappa shape index (κ3) is 7.48. The molecular weight excluding hydrogens is 606 g/mol. The van der Waals surface area contributed by atoms with Gasteiger partial charge in [0.15, 0.2) is 0 Å². The molecule has 0 atom stereocenters. The highest BCUT2D eigenvalue weighted by molar-refractivity contribution is 5.87. The minimum absolute atomic E-state index is 0.00216. The minimum Gasteiger partial charge on any atom is -0.507 e. The molecule has 0 unspecified atom stereocenters. The lowest BCUT2D eigenvalue weighted by molar-refractivity contribution is -0.144. The summed E-state index contributed by atoms with van der Waals surface area (Å²) < 4.78 is 158. The third-order valence-electron chi connectivity index (χ3n) is 6.09. The first-order chi connectivity index (χ1) is 19.7. The summed E-state index contributed by atoms with van der Waals surface area (Å²) in [4.78, 5) is 4.04. The van der Waals surface area contributed by atoms with Crippen molar-refractivity contribution in [2.45, 2.75) is 24.7 Å². The maximum absolute atomic E-state index is 13.2. The molecule has 0 spiro atoms. The zero-order valence-corrected chi connectivity index (χ0v) is 21.0. The van der Waals surface area contributed by atoms with Crippen LogP contribution in [0.15, 0.2) is 83.9 Å². The van der Waals surface area contributed by atoms with Crippen molar-refractivity contribution >= 4 is 11.9 Å². The van der Waals surface area contributed by atoms with Crippen LogP contribution in [0.5, 0.6) is 5.75 Å². The van der Waals surface area contributed by atoms with Crippen LogP contribution in [0.4, 0.5) is 58.4 Å². The van der Waals surface area contributed by atoms with E-state index in [1.165, 1.54) is 30.3 Å². The van der Waals surface area contributed by atoms with Gasteiger partial charge in [-0.1, -0.05) is 18.2 Å². The van der Waals surface area contributed by atoms with E-state index in [0.717, 1.165) is 18.3 Å². The van der Waals surface area contributed by atoms with E-state index in [2.05, 4.69) is 4.99 Å². The van der Waals surface area contributed by atoms with Crippen molar-refractivity contribution in [3.05, 3.63) is 107 Å². The van der Waals surface area contributed by atoms with E-state index in [-0.39, 0.29) is 40.1 Å². The zero-order valence-electron chi connectivity index (χ0n) is 21.0. The number of phenols is 1. The smallest absolute Gasteiger partial charge is 0.416 e. The Bertz CT molecular complexity index is 1600. The molecule has 0 aliphatic rings. The third-order valence-corrected chi connectivity index (χ3v) is 6.09. The van der Waals surface area contributed by atoms with Crippen LogP contribution in [-0.4, -0.2) is 11.3 Å². The summed E-state index contributed by atoms with van der Waals surface area (Å²) in [6.07, 6.45) is -19.1. The fourth-order valence-electron chi connectivity index (χ4n) is 3.96. The fourth-order valence-corrected chi connectivity index (χ4v) is 3.96. The van der Waals surface area contributed by atoms with Gasteiger partial charge in [-0.05, 0) is 82.9 Å². The van der Waals surface area contributed by atoms with Gasteiger partial charge in [0.05, 0.1) is 27.9 Å². The molecule has 0 aliphatic carbocycles. The molecule has 0 amide bonds. The summed E-state index contributed by atoms with van der Waals surface area (Å²) in [5.74, 6) is -0.549. The summed E-state index contributed by atoms with van der Waals surface area (Å²) in [7, 11) is 0. The van der Waals surface area contributed by atoms with Crippen molar-refractivity contribution < 1.29 is 57.8 Å². The molecule has 4 rings (SSSR count). The largest absolute Gasteiger partial charge is 0.507 e. The van der Waals surface area contributed by atoms with E-state index in [1.54, 1.807) is 0 Å². The van der Waals surface area contributed by atoms with Crippen LogP contribution in [0, 0.1) is 0 Å². The second-order valence-electron chi connectivity index (χ2n) is 9.17. The topological polar surface area (TPSA) is 32.6 Å². The van der Waals surface area contributed by atoms with Gasteiger partial charge in [0.2, 0.25) is 0 Å². The van der Waals surface area contributed by atoms with Gasteiger partial charge in [-0.2, -0.15) is 52.7 Å². The molecule has 4 aromatic carbocycles. The van der Waals surface area contributed by atoms with Crippen molar-refractivity contribution in [3.8, 4) is 28.0 Å². The lowest BCUT2D eigenvalue weighted by atomic mass is 9.98. The van der Waals surface area contributed by atoms with E-state index in [9.17, 15) is 57.8 Å². The van der Waals surface area contributed by atoms with Gasteiger partial charge in [-0.3, -0.25) is 4.99 Å². The predicted molar refractivity (Wildman–Crippen MR) is 133 cm³/mol. The lowest BCUT2D eigenvalue weighted by Crippen LogP contribution is -2.11. The maximum atomic E-state index is 13.2. The Hall–Kier alpha value is -4.49. The van der Waals surface area contributed by atoms with Crippen molar-refractivity contribution in [2.24, 2.45) is 4.99 Å². The zero-order chi connectivity index (χ0) is 32.0. The van der Waals surface area contributed by atoms with Gasteiger partial charge < -0.3 is 5.11 Å². The van der Waals surface area contributed by atoms with Gasteiger partial charge in [-0.15, -0.1) is 0 Å². The number of aliphatic imine (C=N–C) groups is 1. The molecule has 0 aromatic heterocycles. The molecular formula is C29H15F12NO. The summed E-state index contributed by atoms with van der Waals surface area (Å²) in [6.45, 7) is 0. The van der Waals surface area contributed by atoms with Crippen molar-refractivity contribution in [3.63, 3.8) is 0 Å². The molecule has 226 valence electrons. The molecule has 0 saturated carbocycles. The first-order valence-corrected chi connectivity index (χ1v) is 11.8. The Balaban J connectivity index is 1.61. The predicted octanol–water partition coefficient (Wildman–Crippen LogP) is 10.6. The van der Waals surface area contributed by atoms with Crippen LogP contribution in [0.1, 0.15) is 27.8 Å². The van der Waals surface area contributed by atoms with Gasteiger partial charge in [0.25, 0.3) is 0 Å². The van der Waals surface area contributed by atoms with Crippen molar-refractivity contribution in [2.75, 3.05) is 0 Å². The number of hydrogen-bond donors (Lipinski definition) is 1. The SMILES string of the molecule is Oc1cc(-c2cc(C(F)(F)F)cc(C(F)(F)F)c2)ccc1C=Nc1ccc(-c2cc(C(F)(F)F)cc(C(F)(F)F)c2)cc1. The molecule has 2 nitrogen and oxygen atoms in total. The second-order valence-corrected chi connectivity index (χ2v) is 9.17. The van der Waals surface area contributed by atoms with Crippen LogP contribution in [0.3, 0.4) is 0 Å². The number of alkyl halides is 12. The van der Waals surface area contributed by atoms with Crippen LogP contribution >= 0.6 is 0 Å². The monoisotopic (exact) mass is 621 g/mol. The minimum atomic E-state index is -5.07. The Morgan fingerprint density at radius 3 is 1.19 bits per heavy atom. The van der Waals surface area contributed by atoms with Crippen molar-refractivity contribution in [1.82, 2.24) is 0 Å². The van der Waals surface area contributed by atoms with Gasteiger partial charge in [0.1, 0.15) is 5.75 Å². The van der Waals surface area contributed by atoms with E-state index in [0.29, 0.717) is 24.3 Å². The number of rotatable bonds is 4. The molecule has 14 heteroatoms. The maximum Gasteiger partial charge on any atom is 0.416 e. The molecule has 0 heterocycles. The normalized spacial score (nSPS) is 13.1. The Labute approximate surface area is 234 Å². The number of benzene rings is 4.